The van der Waals surface area contributed by atoms with Crippen LogP contribution in [0.5, 0.6) is 0 Å². The molecule has 5 rings (SSSR count). The monoisotopic (exact) mass is 505 g/mol. The van der Waals surface area contributed by atoms with Crippen molar-refractivity contribution in [2.45, 2.75) is 51.4 Å². The van der Waals surface area contributed by atoms with Crippen LogP contribution < -0.4 is 10.2 Å². The number of aromatic nitrogens is 1. The van der Waals surface area contributed by atoms with Crippen molar-refractivity contribution >= 4 is 17.5 Å². The van der Waals surface area contributed by atoms with Crippen molar-refractivity contribution in [3.05, 3.63) is 46.3 Å². The number of aryl methyl sites for hydroxylation is 2. The quantitative estimate of drug-likeness (QED) is 0.673. The molecule has 2 saturated heterocycles. The van der Waals surface area contributed by atoms with Crippen molar-refractivity contribution < 1.29 is 27.3 Å². The molecule has 1 N–H and O–H groups in total. The summed E-state index contributed by atoms with van der Waals surface area (Å²) in [6.45, 7) is 7.43. The van der Waals surface area contributed by atoms with Crippen LogP contribution in [0.3, 0.4) is 0 Å². The highest BCUT2D eigenvalue weighted by atomic mass is 19.4. The topological polar surface area (TPSA) is 81.9 Å². The Balaban J connectivity index is 1.14. The van der Waals surface area contributed by atoms with Crippen LogP contribution in [0.4, 0.5) is 18.9 Å². The van der Waals surface area contributed by atoms with Crippen LogP contribution in [0.1, 0.15) is 45.8 Å². The van der Waals surface area contributed by atoms with Crippen LogP contribution in [-0.4, -0.2) is 78.1 Å². The molecule has 0 aliphatic carbocycles. The van der Waals surface area contributed by atoms with Gasteiger partial charge < -0.3 is 19.6 Å². The second kappa shape index (κ2) is 9.42. The number of carbonyl (C=O) groups excluding carboxylic acids is 2. The van der Waals surface area contributed by atoms with Gasteiger partial charge in [0.05, 0.1) is 12.1 Å². The Morgan fingerprint density at radius 1 is 1.17 bits per heavy atom. The van der Waals surface area contributed by atoms with Gasteiger partial charge in [0, 0.05) is 50.4 Å². The maximum absolute atomic E-state index is 13.1. The normalized spacial score (nSPS) is 22.9. The van der Waals surface area contributed by atoms with Crippen LogP contribution in [0.2, 0.25) is 0 Å². The minimum atomic E-state index is -4.52. The molecule has 2 amide bonds. The van der Waals surface area contributed by atoms with Crippen LogP contribution in [0.25, 0.3) is 0 Å². The number of hydrogen-bond donors (Lipinski definition) is 1. The molecule has 36 heavy (non-hydrogen) atoms. The largest absolute Gasteiger partial charge is 0.416 e. The molecule has 3 aliphatic rings. The predicted molar refractivity (Wildman–Crippen MR) is 126 cm³/mol. The highest BCUT2D eigenvalue weighted by molar-refractivity contribution is 5.99. The Labute approximate surface area is 207 Å². The first kappa shape index (κ1) is 24.6. The van der Waals surface area contributed by atoms with Gasteiger partial charge in [-0.1, -0.05) is 11.2 Å². The van der Waals surface area contributed by atoms with E-state index in [1.807, 2.05) is 13.8 Å². The molecule has 0 saturated carbocycles. The molecule has 11 heteroatoms. The molecule has 1 aromatic carbocycles. The highest BCUT2D eigenvalue weighted by Gasteiger charge is 2.36. The minimum Gasteiger partial charge on any atom is -0.366 e. The fraction of sp³-hybridized carbons (Fsp3) is 0.560. The van der Waals surface area contributed by atoms with Crippen LogP contribution in [0, 0.1) is 13.8 Å². The van der Waals surface area contributed by atoms with Crippen molar-refractivity contribution in [2.75, 3.05) is 44.2 Å². The van der Waals surface area contributed by atoms with Gasteiger partial charge in [0.1, 0.15) is 11.4 Å². The lowest BCUT2D eigenvalue weighted by molar-refractivity contribution is -0.137. The van der Waals surface area contributed by atoms with Crippen molar-refractivity contribution in [2.24, 2.45) is 0 Å². The Bertz CT molecular complexity index is 1140. The van der Waals surface area contributed by atoms with E-state index in [0.717, 1.165) is 68.3 Å². The predicted octanol–water partition coefficient (Wildman–Crippen LogP) is 2.78. The summed E-state index contributed by atoms with van der Waals surface area (Å²) in [5.74, 6) is 0.00883. The van der Waals surface area contributed by atoms with E-state index < -0.39 is 17.6 Å². The number of rotatable bonds is 5. The van der Waals surface area contributed by atoms with E-state index in [9.17, 15) is 22.8 Å². The molecule has 4 heterocycles. The summed E-state index contributed by atoms with van der Waals surface area (Å²) in [7, 11) is 0. The average molecular weight is 506 g/mol. The molecular formula is C25H30F3N5O3. The van der Waals surface area contributed by atoms with E-state index in [0.29, 0.717) is 24.6 Å². The molecule has 0 radical (unpaired) electrons. The van der Waals surface area contributed by atoms with Crippen molar-refractivity contribution in [3.8, 4) is 0 Å². The van der Waals surface area contributed by atoms with E-state index in [1.54, 1.807) is 0 Å². The maximum Gasteiger partial charge on any atom is 0.416 e. The van der Waals surface area contributed by atoms with E-state index >= 15 is 0 Å². The van der Waals surface area contributed by atoms with Gasteiger partial charge in [0.25, 0.3) is 5.91 Å². The lowest BCUT2D eigenvalue weighted by Gasteiger charge is -2.29. The molecule has 2 fully saturated rings. The van der Waals surface area contributed by atoms with Crippen LogP contribution in [-0.2, 0) is 17.4 Å². The third-order valence-electron chi connectivity index (χ3n) is 7.52. The summed E-state index contributed by atoms with van der Waals surface area (Å²) in [4.78, 5) is 31.6. The number of alkyl halides is 3. The molecule has 0 bridgehead atoms. The molecule has 2 aromatic rings. The summed E-state index contributed by atoms with van der Waals surface area (Å²) in [6.07, 6.45) is -2.26. The average Bonchev–Trinajstić information content (AvgIpc) is 3.55. The fourth-order valence-electron chi connectivity index (χ4n) is 5.70. The molecule has 8 nitrogen and oxygen atoms in total. The fourth-order valence-corrected chi connectivity index (χ4v) is 5.70. The Hall–Kier alpha value is -3.08. The van der Waals surface area contributed by atoms with Crippen LogP contribution in [0.15, 0.2) is 22.7 Å². The lowest BCUT2D eigenvalue weighted by atomic mass is 9.96. The van der Waals surface area contributed by atoms with Gasteiger partial charge in [-0.3, -0.25) is 14.5 Å². The third kappa shape index (κ3) is 4.80. The number of hydrogen-bond acceptors (Lipinski definition) is 6. The van der Waals surface area contributed by atoms with Gasteiger partial charge >= 0.3 is 6.18 Å². The van der Waals surface area contributed by atoms with E-state index in [1.165, 1.54) is 11.0 Å². The summed E-state index contributed by atoms with van der Waals surface area (Å²) < 4.78 is 44.6. The highest BCUT2D eigenvalue weighted by Crippen LogP contribution is 2.32. The summed E-state index contributed by atoms with van der Waals surface area (Å²) in [5, 5.41) is 7.08. The minimum absolute atomic E-state index is 0.0189. The third-order valence-corrected chi connectivity index (χ3v) is 7.52. The van der Waals surface area contributed by atoms with E-state index in [4.69, 9.17) is 4.52 Å². The van der Waals surface area contributed by atoms with Gasteiger partial charge in [0.2, 0.25) is 5.91 Å². The number of halogens is 3. The number of amides is 2. The van der Waals surface area contributed by atoms with Gasteiger partial charge in [-0.15, -0.1) is 0 Å². The number of benzene rings is 1. The number of fused-ring (bicyclic) bond motifs is 1. The number of likely N-dealkylation sites (tertiary alicyclic amines) is 1. The Morgan fingerprint density at radius 2 is 1.97 bits per heavy atom. The summed E-state index contributed by atoms with van der Waals surface area (Å²) in [5.41, 5.74) is 1.71. The number of carbonyl (C=O) groups is 2. The zero-order valence-corrected chi connectivity index (χ0v) is 20.4. The van der Waals surface area contributed by atoms with Gasteiger partial charge in [-0.25, -0.2) is 0 Å². The molecule has 194 valence electrons. The van der Waals surface area contributed by atoms with E-state index in [-0.39, 0.29) is 24.1 Å². The van der Waals surface area contributed by atoms with Crippen molar-refractivity contribution in [1.29, 1.82) is 0 Å². The second-order valence-electron chi connectivity index (χ2n) is 9.96. The van der Waals surface area contributed by atoms with E-state index in [2.05, 4.69) is 20.3 Å². The smallest absolute Gasteiger partial charge is 0.366 e. The Kier molecular flexibility index (Phi) is 6.44. The molecular weight excluding hydrogens is 475 g/mol. The molecule has 3 aliphatic heterocycles. The summed E-state index contributed by atoms with van der Waals surface area (Å²) in [6, 6.07) is 3.61. The lowest BCUT2D eigenvalue weighted by Crippen LogP contribution is -2.47. The van der Waals surface area contributed by atoms with Crippen molar-refractivity contribution in [3.63, 3.8) is 0 Å². The first-order valence-corrected chi connectivity index (χ1v) is 12.3. The van der Waals surface area contributed by atoms with Gasteiger partial charge in [0.15, 0.2) is 5.76 Å². The summed E-state index contributed by atoms with van der Waals surface area (Å²) >= 11 is 0. The molecule has 0 spiro atoms. The van der Waals surface area contributed by atoms with Gasteiger partial charge in [-0.2, -0.15) is 13.2 Å². The zero-order chi connectivity index (χ0) is 25.6. The molecule has 1 aromatic heterocycles. The number of nitrogens with zero attached hydrogens (tertiary/aromatic N) is 4. The Morgan fingerprint density at radius 3 is 2.69 bits per heavy atom. The van der Waals surface area contributed by atoms with Gasteiger partial charge in [-0.05, 0) is 50.8 Å². The van der Waals surface area contributed by atoms with Crippen molar-refractivity contribution in [1.82, 2.24) is 20.3 Å². The standard InChI is InChI=1S/C25H30F3N5O3/c1-15-23(16(2)36-30-15)32-10-7-20(13-32)31-9-6-19(12-31)29-22(34)14-33-8-5-17-3-4-18(25(26,27)28)11-21(17)24(33)35/h3-4,11,19-20H,5-10,12-14H2,1-2H3,(H,29,34)/t19?,20-/m0/s1. The number of anilines is 1. The number of nitrogens with one attached hydrogen (secondary N) is 1. The molecule has 1 unspecified atom stereocenters. The first-order chi connectivity index (χ1) is 17.1. The van der Waals surface area contributed by atoms with Crippen LogP contribution >= 0.6 is 0 Å². The maximum atomic E-state index is 13.1. The SMILES string of the molecule is Cc1noc(C)c1N1CC[C@H](N2CCC(NC(=O)CN3CCc4ccc(C(F)(F)F)cc4C3=O)C2)C1. The first-order valence-electron chi connectivity index (χ1n) is 12.3. The zero-order valence-electron chi connectivity index (χ0n) is 20.4. The second-order valence-corrected chi connectivity index (χ2v) is 9.96. The molecule has 2 atom stereocenters.